The van der Waals surface area contributed by atoms with Gasteiger partial charge in [-0.1, -0.05) is 6.07 Å². The molecule has 3 nitrogen and oxygen atoms in total. The lowest BCUT2D eigenvalue weighted by Gasteiger charge is -2.24. The van der Waals surface area contributed by atoms with Crippen LogP contribution < -0.4 is 9.64 Å². The zero-order valence-corrected chi connectivity index (χ0v) is 9.32. The Kier molecular flexibility index (Phi) is 3.11. The van der Waals surface area contributed by atoms with Crippen molar-refractivity contribution < 1.29 is 9.47 Å². The van der Waals surface area contributed by atoms with Gasteiger partial charge in [0.15, 0.2) is 6.79 Å². The first kappa shape index (κ1) is 10.3. The average Bonchev–Trinajstić information content (AvgIpc) is 2.30. The summed E-state index contributed by atoms with van der Waals surface area (Å²) in [7, 11) is 0. The van der Waals surface area contributed by atoms with Gasteiger partial charge in [-0.2, -0.15) is 0 Å². The first-order valence-electron chi connectivity index (χ1n) is 5.43. The quantitative estimate of drug-likeness (QED) is 0.759. The van der Waals surface area contributed by atoms with Crippen LogP contribution in [0.25, 0.3) is 0 Å². The van der Waals surface area contributed by atoms with Crippen molar-refractivity contribution in [1.29, 1.82) is 0 Å². The van der Waals surface area contributed by atoms with Gasteiger partial charge in [-0.15, -0.1) is 0 Å². The van der Waals surface area contributed by atoms with Gasteiger partial charge in [-0.3, -0.25) is 0 Å². The fourth-order valence-electron chi connectivity index (χ4n) is 1.84. The summed E-state index contributed by atoms with van der Waals surface area (Å²) in [5, 5.41) is 0. The minimum absolute atomic E-state index is 0.370. The van der Waals surface area contributed by atoms with Gasteiger partial charge in [0, 0.05) is 30.4 Å². The van der Waals surface area contributed by atoms with Gasteiger partial charge in [-0.25, -0.2) is 0 Å². The van der Waals surface area contributed by atoms with Gasteiger partial charge < -0.3 is 14.4 Å². The van der Waals surface area contributed by atoms with Gasteiger partial charge in [0.1, 0.15) is 5.75 Å². The Bertz CT molecular complexity index is 334. The Morgan fingerprint density at radius 2 is 2.07 bits per heavy atom. The molecule has 0 unspecified atom stereocenters. The van der Waals surface area contributed by atoms with Gasteiger partial charge >= 0.3 is 0 Å². The molecule has 82 valence electrons. The van der Waals surface area contributed by atoms with Crippen LogP contribution in [0.4, 0.5) is 5.69 Å². The maximum absolute atomic E-state index is 5.45. The summed E-state index contributed by atoms with van der Waals surface area (Å²) in [6.45, 7) is 7.39. The van der Waals surface area contributed by atoms with E-state index in [9.17, 15) is 0 Å². The van der Waals surface area contributed by atoms with Crippen LogP contribution in [0.3, 0.4) is 0 Å². The van der Waals surface area contributed by atoms with Crippen molar-refractivity contribution in [2.45, 2.75) is 20.5 Å². The highest BCUT2D eigenvalue weighted by atomic mass is 16.7. The number of anilines is 1. The third-order valence-corrected chi connectivity index (χ3v) is 2.73. The number of ether oxygens (including phenoxy) is 2. The van der Waals surface area contributed by atoms with Gasteiger partial charge in [-0.05, 0) is 19.9 Å². The Balaban J connectivity index is 2.27. The van der Waals surface area contributed by atoms with Crippen LogP contribution in [-0.4, -0.2) is 19.9 Å². The lowest BCUT2D eigenvalue weighted by atomic mass is 10.1. The van der Waals surface area contributed by atoms with Crippen molar-refractivity contribution in [3.63, 3.8) is 0 Å². The predicted octanol–water partition coefficient (Wildman–Crippen LogP) is 2.40. The molecule has 0 fully saturated rings. The smallest absolute Gasteiger partial charge is 0.189 e. The molecule has 1 aliphatic rings. The highest BCUT2D eigenvalue weighted by Gasteiger charge is 2.12. The summed E-state index contributed by atoms with van der Waals surface area (Å²) >= 11 is 0. The largest absolute Gasteiger partial charge is 0.467 e. The average molecular weight is 207 g/mol. The molecule has 0 saturated carbocycles. The number of hydrogen-bond acceptors (Lipinski definition) is 3. The Labute approximate surface area is 90.6 Å². The zero-order chi connectivity index (χ0) is 10.7. The second-order valence-electron chi connectivity index (χ2n) is 3.57. The molecule has 0 N–H and O–H groups in total. The fourth-order valence-corrected chi connectivity index (χ4v) is 1.84. The van der Waals surface area contributed by atoms with E-state index in [-0.39, 0.29) is 0 Å². The molecule has 1 aliphatic heterocycles. The van der Waals surface area contributed by atoms with Gasteiger partial charge in [0.25, 0.3) is 0 Å². The molecular formula is C12H17NO2. The number of hydrogen-bond donors (Lipinski definition) is 0. The Morgan fingerprint density at radius 3 is 2.80 bits per heavy atom. The highest BCUT2D eigenvalue weighted by Crippen LogP contribution is 2.28. The second-order valence-corrected chi connectivity index (χ2v) is 3.57. The lowest BCUT2D eigenvalue weighted by molar-refractivity contribution is -0.0163. The van der Waals surface area contributed by atoms with E-state index in [0.29, 0.717) is 13.4 Å². The first-order chi connectivity index (χ1) is 7.35. The molecule has 1 aromatic carbocycles. The molecule has 0 aliphatic carbocycles. The molecule has 0 radical (unpaired) electrons. The van der Waals surface area contributed by atoms with E-state index in [0.717, 1.165) is 24.4 Å². The van der Waals surface area contributed by atoms with E-state index in [1.165, 1.54) is 5.69 Å². The van der Waals surface area contributed by atoms with Crippen molar-refractivity contribution in [2.24, 2.45) is 0 Å². The minimum atomic E-state index is 0.370. The summed E-state index contributed by atoms with van der Waals surface area (Å²) in [4.78, 5) is 2.30. The third-order valence-electron chi connectivity index (χ3n) is 2.73. The highest BCUT2D eigenvalue weighted by molar-refractivity contribution is 5.53. The van der Waals surface area contributed by atoms with Crippen LogP contribution in [0.5, 0.6) is 5.75 Å². The van der Waals surface area contributed by atoms with Crippen molar-refractivity contribution in [3.8, 4) is 5.75 Å². The van der Waals surface area contributed by atoms with E-state index in [1.807, 2.05) is 0 Å². The summed E-state index contributed by atoms with van der Waals surface area (Å²) in [5.74, 6) is 0.964. The molecule has 15 heavy (non-hydrogen) atoms. The molecule has 1 aromatic rings. The van der Waals surface area contributed by atoms with Crippen LogP contribution in [0.15, 0.2) is 18.2 Å². The summed E-state index contributed by atoms with van der Waals surface area (Å²) in [6.07, 6.45) is 0. The molecule has 0 saturated heterocycles. The number of rotatable bonds is 3. The lowest BCUT2D eigenvalue weighted by Crippen LogP contribution is -2.22. The van der Waals surface area contributed by atoms with E-state index in [1.54, 1.807) is 0 Å². The van der Waals surface area contributed by atoms with Crippen LogP contribution in [0.2, 0.25) is 0 Å². The van der Waals surface area contributed by atoms with E-state index in [4.69, 9.17) is 9.47 Å². The standard InChI is InChI=1S/C12H17NO2/c1-3-13(4-2)11-6-5-10-8-14-9-15-12(10)7-11/h5-7H,3-4,8-9H2,1-2H3. The molecular weight excluding hydrogens is 190 g/mol. The molecule has 0 spiro atoms. The molecule has 1 heterocycles. The molecule has 0 aromatic heterocycles. The number of benzene rings is 1. The van der Waals surface area contributed by atoms with Gasteiger partial charge in [0.05, 0.1) is 6.61 Å². The second kappa shape index (κ2) is 4.53. The normalized spacial score (nSPS) is 14.3. The Hall–Kier alpha value is -1.22. The van der Waals surface area contributed by atoms with Crippen LogP contribution in [0, 0.1) is 0 Å². The molecule has 3 heteroatoms. The molecule has 2 rings (SSSR count). The molecule has 0 amide bonds. The van der Waals surface area contributed by atoms with Crippen LogP contribution >= 0.6 is 0 Å². The number of fused-ring (bicyclic) bond motifs is 1. The Morgan fingerprint density at radius 1 is 1.27 bits per heavy atom. The van der Waals surface area contributed by atoms with E-state index >= 15 is 0 Å². The van der Waals surface area contributed by atoms with Crippen molar-refractivity contribution in [2.75, 3.05) is 24.8 Å². The van der Waals surface area contributed by atoms with Crippen LogP contribution in [-0.2, 0) is 11.3 Å². The van der Waals surface area contributed by atoms with Crippen molar-refractivity contribution >= 4 is 5.69 Å². The number of nitrogens with zero attached hydrogens (tertiary/aromatic N) is 1. The summed E-state index contributed by atoms with van der Waals surface area (Å²) in [5.41, 5.74) is 2.36. The van der Waals surface area contributed by atoms with E-state index < -0.39 is 0 Å². The summed E-state index contributed by atoms with van der Waals surface area (Å²) in [6, 6.07) is 6.32. The summed E-state index contributed by atoms with van der Waals surface area (Å²) < 4.78 is 10.7. The minimum Gasteiger partial charge on any atom is -0.467 e. The van der Waals surface area contributed by atoms with Crippen molar-refractivity contribution in [1.82, 2.24) is 0 Å². The maximum atomic E-state index is 5.45. The van der Waals surface area contributed by atoms with Crippen LogP contribution in [0.1, 0.15) is 19.4 Å². The molecule has 0 atom stereocenters. The topological polar surface area (TPSA) is 21.7 Å². The maximum Gasteiger partial charge on any atom is 0.189 e. The van der Waals surface area contributed by atoms with Crippen molar-refractivity contribution in [3.05, 3.63) is 23.8 Å². The zero-order valence-electron chi connectivity index (χ0n) is 9.32. The first-order valence-corrected chi connectivity index (χ1v) is 5.43. The fraction of sp³-hybridized carbons (Fsp3) is 0.500. The monoisotopic (exact) mass is 207 g/mol. The predicted molar refractivity (Wildman–Crippen MR) is 60.3 cm³/mol. The van der Waals surface area contributed by atoms with E-state index in [2.05, 4.69) is 36.9 Å². The third kappa shape index (κ3) is 2.07. The molecule has 0 bridgehead atoms. The SMILES string of the molecule is CCN(CC)c1ccc2c(c1)OCOC2. The van der Waals surface area contributed by atoms with Gasteiger partial charge in [0.2, 0.25) is 0 Å².